The first-order chi connectivity index (χ1) is 30.3. The fraction of sp³-hybridized carbons (Fsp3) is 0.611. The number of halogens is 9. The lowest BCUT2D eigenvalue weighted by molar-refractivity contribution is -0.193. The minimum Gasteiger partial charge on any atom is -0.508 e. The number of carbonyl (C=O) groups excluding carboxylic acids is 4. The lowest BCUT2D eigenvalue weighted by atomic mass is 10.1. The molecule has 0 fully saturated rings. The molecule has 0 saturated heterocycles. The number of aliphatic carboxylic acids is 3. The van der Waals surface area contributed by atoms with E-state index in [0.29, 0.717) is 32.5 Å². The average molecular weight is 978 g/mol. The van der Waals surface area contributed by atoms with E-state index in [1.54, 1.807) is 0 Å². The summed E-state index contributed by atoms with van der Waals surface area (Å²) in [4.78, 5) is 78.9. The van der Waals surface area contributed by atoms with Gasteiger partial charge >= 0.3 is 36.4 Å². The van der Waals surface area contributed by atoms with Gasteiger partial charge in [0.25, 0.3) is 0 Å². The first kappa shape index (κ1) is 64.0. The van der Waals surface area contributed by atoms with Crippen molar-refractivity contribution in [3.05, 3.63) is 23.8 Å². The van der Waals surface area contributed by atoms with Crippen LogP contribution in [0, 0.1) is 0 Å². The number of carboxylic acids is 3. The van der Waals surface area contributed by atoms with Crippen molar-refractivity contribution in [1.82, 2.24) is 21.3 Å². The highest BCUT2D eigenvalue weighted by molar-refractivity contribution is 5.92. The highest BCUT2D eigenvalue weighted by Crippen LogP contribution is 2.23. The van der Waals surface area contributed by atoms with Gasteiger partial charge in [0.15, 0.2) is 5.96 Å². The highest BCUT2D eigenvalue weighted by atomic mass is 19.4. The Kier molecular flexibility index (Phi) is 33.0. The number of amides is 4. The minimum absolute atomic E-state index is 0.0332. The van der Waals surface area contributed by atoms with E-state index in [-0.39, 0.29) is 41.8 Å². The summed E-state index contributed by atoms with van der Waals surface area (Å²) in [5.41, 5.74) is 21.9. The Balaban J connectivity index is -0.00000154. The number of benzene rings is 1. The number of primary amides is 1. The molecule has 2 atom stereocenters. The summed E-state index contributed by atoms with van der Waals surface area (Å²) in [6.07, 6.45) is -6.68. The van der Waals surface area contributed by atoms with Crippen LogP contribution in [-0.4, -0.2) is 136 Å². The zero-order valence-electron chi connectivity index (χ0n) is 35.2. The van der Waals surface area contributed by atoms with Crippen LogP contribution in [0.3, 0.4) is 0 Å². The van der Waals surface area contributed by atoms with Crippen LogP contribution in [-0.2, 0) is 40.0 Å². The van der Waals surface area contributed by atoms with Crippen molar-refractivity contribution in [2.75, 3.05) is 32.7 Å². The van der Waals surface area contributed by atoms with Crippen LogP contribution in [0.1, 0.15) is 76.2 Å². The number of nitrogens with zero attached hydrogens (tertiary/aromatic N) is 1. The number of carbonyl (C=O) groups is 7. The molecule has 0 spiro atoms. The second kappa shape index (κ2) is 34.1. The Morgan fingerprint density at radius 2 is 1.05 bits per heavy atom. The largest absolute Gasteiger partial charge is 0.508 e. The molecular weight excluding hydrogens is 921 g/mol. The average Bonchev–Trinajstić information content (AvgIpc) is 3.17. The molecule has 17 N–H and O–H groups in total. The first-order valence-corrected chi connectivity index (χ1v) is 19.4. The molecule has 0 saturated carbocycles. The van der Waals surface area contributed by atoms with Gasteiger partial charge in [0.2, 0.25) is 23.6 Å². The normalized spacial score (nSPS) is 11.8. The number of guanidine groups is 1. The Morgan fingerprint density at radius 3 is 1.48 bits per heavy atom. The predicted molar refractivity (Wildman–Crippen MR) is 214 cm³/mol. The quantitative estimate of drug-likeness (QED) is 0.0284. The number of hydrogen-bond donors (Lipinski definition) is 13. The number of alkyl halides is 9. The second-order valence-corrected chi connectivity index (χ2v) is 13.4. The number of phenols is 2. The summed E-state index contributed by atoms with van der Waals surface area (Å²) < 4.78 is 95.2. The molecule has 0 bridgehead atoms. The molecule has 4 amide bonds. The van der Waals surface area contributed by atoms with E-state index in [4.69, 9.17) is 52.6 Å². The first-order valence-electron chi connectivity index (χ1n) is 19.4. The monoisotopic (exact) mass is 977 g/mol. The number of nitrogens with two attached hydrogens (primary N) is 4. The number of rotatable bonds is 25. The van der Waals surface area contributed by atoms with E-state index >= 15 is 0 Å². The number of aromatic hydroxyl groups is 2. The number of aliphatic imine (C=N–C) groups is 1. The third-order valence-corrected chi connectivity index (χ3v) is 7.67. The molecule has 30 heteroatoms. The van der Waals surface area contributed by atoms with Gasteiger partial charge in [-0.05, 0) is 51.3 Å². The van der Waals surface area contributed by atoms with Gasteiger partial charge in [-0.25, -0.2) is 14.4 Å². The van der Waals surface area contributed by atoms with Crippen LogP contribution in [0.4, 0.5) is 39.5 Å². The van der Waals surface area contributed by atoms with Crippen molar-refractivity contribution in [3.8, 4) is 11.5 Å². The summed E-state index contributed by atoms with van der Waals surface area (Å²) >= 11 is 0. The Morgan fingerprint density at radius 1 is 0.621 bits per heavy atom. The van der Waals surface area contributed by atoms with Gasteiger partial charge in [0, 0.05) is 31.3 Å². The Bertz CT molecular complexity index is 1620. The van der Waals surface area contributed by atoms with Gasteiger partial charge in [-0.15, -0.1) is 0 Å². The van der Waals surface area contributed by atoms with Gasteiger partial charge in [0.05, 0.1) is 18.9 Å². The minimum atomic E-state index is -5.08. The van der Waals surface area contributed by atoms with Crippen molar-refractivity contribution >= 4 is 47.5 Å². The maximum Gasteiger partial charge on any atom is 0.490 e. The van der Waals surface area contributed by atoms with E-state index in [2.05, 4.69) is 26.3 Å². The standard InChI is InChI=1S/C30H53N9O6.3C2HF3O2/c31-23(10-8-16-38-30(33)34)28(44)36-17-9-14-35-13-6-4-2-1-3-5-7-15-37-29(45)24(20-26(32)42)39-27(43)18-21-11-12-22(40)19-25(21)41;3*3-2(4,5)1(6)7/h11-12,19,23-24,35,40-41H,1-10,13-18,20,31H2,(H2,32,42)(H,36,44)(H,37,45)(H,39,43)(H4,33,34,38);3*(H,6,7)/t23-,24-;;;/m0.../s1. The molecule has 0 unspecified atom stereocenters. The molecule has 380 valence electrons. The SMILES string of the molecule is NC(=O)C[C@H](NC(=O)Cc1ccc(O)cc1O)C(=O)NCCCCCCCCCNCCCNC(=O)[C@@H](N)CCCN=C(N)N.O=C(O)C(F)(F)F.O=C(O)C(F)(F)F.O=C(O)C(F)(F)F. The topological polar surface area (TPSA) is 385 Å². The summed E-state index contributed by atoms with van der Waals surface area (Å²) in [6.45, 7) is 3.18. The van der Waals surface area contributed by atoms with E-state index in [1.165, 1.54) is 12.1 Å². The maximum atomic E-state index is 12.6. The van der Waals surface area contributed by atoms with Crippen LogP contribution in [0.15, 0.2) is 23.2 Å². The predicted octanol–water partition coefficient (Wildman–Crippen LogP) is 1.22. The number of hydrogen-bond acceptors (Lipinski definition) is 12. The molecule has 0 aliphatic carbocycles. The molecular formula is C36H56F9N9O12. The number of unbranched alkanes of at least 4 members (excludes halogenated alkanes) is 6. The van der Waals surface area contributed by atoms with Crippen molar-refractivity contribution in [2.45, 2.75) is 108 Å². The summed E-state index contributed by atoms with van der Waals surface area (Å²) in [5, 5.41) is 52.1. The van der Waals surface area contributed by atoms with Gasteiger partial charge in [-0.3, -0.25) is 24.2 Å². The number of carboxylic acid groups (broad SMARTS) is 3. The summed E-state index contributed by atoms with van der Waals surface area (Å²) in [5.74, 6) is -10.6. The van der Waals surface area contributed by atoms with Crippen LogP contribution in [0.5, 0.6) is 11.5 Å². The van der Waals surface area contributed by atoms with E-state index in [9.17, 15) is 68.9 Å². The highest BCUT2D eigenvalue weighted by Gasteiger charge is 2.39. The number of phenolic OH excluding ortho intramolecular Hbond substituents is 2. The Hall–Kier alpha value is -6.33. The molecule has 0 aliphatic rings. The molecule has 0 aromatic heterocycles. The van der Waals surface area contributed by atoms with Crippen LogP contribution in [0.25, 0.3) is 0 Å². The van der Waals surface area contributed by atoms with Crippen LogP contribution >= 0.6 is 0 Å². The van der Waals surface area contributed by atoms with Crippen LogP contribution in [0.2, 0.25) is 0 Å². The fourth-order valence-corrected chi connectivity index (χ4v) is 4.46. The molecule has 21 nitrogen and oxygen atoms in total. The molecule has 0 aliphatic heterocycles. The molecule has 1 aromatic rings. The van der Waals surface area contributed by atoms with Gasteiger partial charge in [0.1, 0.15) is 17.5 Å². The van der Waals surface area contributed by atoms with Crippen molar-refractivity contribution in [2.24, 2.45) is 27.9 Å². The third kappa shape index (κ3) is 38.2. The van der Waals surface area contributed by atoms with Gasteiger partial charge in [-0.1, -0.05) is 38.2 Å². The van der Waals surface area contributed by atoms with Crippen LogP contribution < -0.4 is 44.2 Å². The lowest BCUT2D eigenvalue weighted by Gasteiger charge is -2.17. The van der Waals surface area contributed by atoms with Crippen molar-refractivity contribution in [1.29, 1.82) is 0 Å². The van der Waals surface area contributed by atoms with Gasteiger partial charge < -0.3 is 69.7 Å². The zero-order valence-corrected chi connectivity index (χ0v) is 35.2. The van der Waals surface area contributed by atoms with E-state index in [1.807, 2.05) is 0 Å². The van der Waals surface area contributed by atoms with Crippen molar-refractivity contribution < 1.29 is 98.6 Å². The van der Waals surface area contributed by atoms with E-state index in [0.717, 1.165) is 70.5 Å². The molecule has 66 heavy (non-hydrogen) atoms. The Labute approximate surface area is 370 Å². The zero-order chi connectivity index (χ0) is 51.7. The fourth-order valence-electron chi connectivity index (χ4n) is 4.46. The maximum absolute atomic E-state index is 12.6. The van der Waals surface area contributed by atoms with Gasteiger partial charge in [-0.2, -0.15) is 39.5 Å². The summed E-state index contributed by atoms with van der Waals surface area (Å²) in [7, 11) is 0. The van der Waals surface area contributed by atoms with E-state index < -0.39 is 66.2 Å². The number of nitrogens with one attached hydrogen (secondary N) is 4. The summed E-state index contributed by atoms with van der Waals surface area (Å²) in [6, 6.07) is 2.17. The molecule has 0 heterocycles. The molecule has 0 radical (unpaired) electrons. The lowest BCUT2D eigenvalue weighted by Crippen LogP contribution is -2.49. The third-order valence-electron chi connectivity index (χ3n) is 7.67. The second-order valence-electron chi connectivity index (χ2n) is 13.4. The molecule has 1 aromatic carbocycles. The van der Waals surface area contributed by atoms with Crippen molar-refractivity contribution in [3.63, 3.8) is 0 Å². The smallest absolute Gasteiger partial charge is 0.490 e. The molecule has 1 rings (SSSR count).